The number of nitrogens with two attached hydrogens (primary N) is 1. The van der Waals surface area contributed by atoms with Gasteiger partial charge in [-0.25, -0.2) is 0 Å². The normalized spacial score (nSPS) is 13.4. The lowest BCUT2D eigenvalue weighted by Gasteiger charge is -2.18. The van der Waals surface area contributed by atoms with Gasteiger partial charge in [-0.05, 0) is 20.3 Å². The van der Waals surface area contributed by atoms with E-state index in [-0.39, 0.29) is 19.6 Å². The number of hydrogen-bond acceptors (Lipinski definition) is 5. The van der Waals surface area contributed by atoms with Gasteiger partial charge in [0.15, 0.2) is 0 Å². The molecule has 110 valence electrons. The largest absolute Gasteiger partial charge is 0.466 e. The van der Waals surface area contributed by atoms with Crippen LogP contribution in [0.15, 0.2) is 0 Å². The maximum atomic E-state index is 11.4. The van der Waals surface area contributed by atoms with Crippen molar-refractivity contribution in [3.8, 4) is 0 Å². The number of hydrogen-bond donors (Lipinski definition) is 2. The third kappa shape index (κ3) is 7.40. The highest BCUT2D eigenvalue weighted by molar-refractivity contribution is 5.87. The molecule has 0 fully saturated rings. The van der Waals surface area contributed by atoms with Crippen LogP contribution < -0.4 is 11.1 Å². The Kier molecular flexibility index (Phi) is 8.52. The van der Waals surface area contributed by atoms with Crippen molar-refractivity contribution in [2.45, 2.75) is 33.2 Å². The molecule has 0 aliphatic rings. The number of carbonyl (C=O) groups is 3. The highest BCUT2D eigenvalue weighted by atomic mass is 16.5. The van der Waals surface area contributed by atoms with Gasteiger partial charge in [-0.1, -0.05) is 6.92 Å². The van der Waals surface area contributed by atoms with E-state index in [1.807, 2.05) is 0 Å². The fourth-order valence-corrected chi connectivity index (χ4v) is 1.41. The van der Waals surface area contributed by atoms with Crippen molar-refractivity contribution in [2.24, 2.45) is 11.7 Å². The van der Waals surface area contributed by atoms with Crippen LogP contribution in [0, 0.1) is 5.92 Å². The lowest BCUT2D eigenvalue weighted by molar-refractivity contribution is -0.148. The molecule has 2 amide bonds. The van der Waals surface area contributed by atoms with Crippen LogP contribution in [0.5, 0.6) is 0 Å². The molecule has 0 saturated carbocycles. The minimum Gasteiger partial charge on any atom is -0.466 e. The Morgan fingerprint density at radius 1 is 1.21 bits per heavy atom. The molecule has 0 heterocycles. The maximum absolute atomic E-state index is 11.4. The molecule has 3 N–H and O–H groups in total. The molecule has 0 radical (unpaired) electrons. The van der Waals surface area contributed by atoms with Crippen LogP contribution >= 0.6 is 0 Å². The topological polar surface area (TPSA) is 108 Å². The smallest absolute Gasteiger partial charge is 0.308 e. The predicted molar refractivity (Wildman–Crippen MR) is 68.0 cm³/mol. The zero-order chi connectivity index (χ0) is 14.8. The molecular formula is C12H22N2O5. The Morgan fingerprint density at radius 3 is 2.32 bits per heavy atom. The Balaban J connectivity index is 4.37. The van der Waals surface area contributed by atoms with E-state index in [1.54, 1.807) is 20.8 Å². The number of esters is 1. The first kappa shape index (κ1) is 17.4. The summed E-state index contributed by atoms with van der Waals surface area (Å²) in [5, 5.41) is 2.43. The predicted octanol–water partition coefficient (Wildman–Crippen LogP) is -0.418. The zero-order valence-corrected chi connectivity index (χ0v) is 11.6. The van der Waals surface area contributed by atoms with Crippen LogP contribution in [0.25, 0.3) is 0 Å². The zero-order valence-electron chi connectivity index (χ0n) is 11.6. The molecule has 0 spiro atoms. The lowest BCUT2D eigenvalue weighted by Crippen LogP contribution is -2.47. The molecular weight excluding hydrogens is 252 g/mol. The Labute approximate surface area is 112 Å². The van der Waals surface area contributed by atoms with E-state index < -0.39 is 29.7 Å². The first-order chi connectivity index (χ1) is 8.92. The lowest BCUT2D eigenvalue weighted by atomic mass is 10.0. The van der Waals surface area contributed by atoms with Crippen LogP contribution in [-0.2, 0) is 23.9 Å². The van der Waals surface area contributed by atoms with Gasteiger partial charge in [0, 0.05) is 6.61 Å². The fraction of sp³-hybridized carbons (Fsp3) is 0.750. The second-order valence-electron chi connectivity index (χ2n) is 4.05. The maximum Gasteiger partial charge on any atom is 0.308 e. The van der Waals surface area contributed by atoms with E-state index in [0.29, 0.717) is 6.61 Å². The van der Waals surface area contributed by atoms with E-state index in [9.17, 15) is 14.4 Å². The SMILES string of the molecule is CCOCC(=O)N[C@H](C[C@H](C)C(=O)OCC)C(N)=O. The summed E-state index contributed by atoms with van der Waals surface area (Å²) in [4.78, 5) is 34.1. The molecule has 0 aliphatic heterocycles. The Hall–Kier alpha value is -1.63. The van der Waals surface area contributed by atoms with E-state index in [2.05, 4.69) is 5.32 Å². The quantitative estimate of drug-likeness (QED) is 0.555. The summed E-state index contributed by atoms with van der Waals surface area (Å²) in [6.07, 6.45) is 0.103. The summed E-state index contributed by atoms with van der Waals surface area (Å²) in [6.45, 7) is 5.58. The van der Waals surface area contributed by atoms with Gasteiger partial charge < -0.3 is 20.5 Å². The van der Waals surface area contributed by atoms with Gasteiger partial charge in [0.1, 0.15) is 12.6 Å². The number of primary amides is 1. The average Bonchev–Trinajstić information content (AvgIpc) is 2.35. The van der Waals surface area contributed by atoms with Gasteiger partial charge in [0.05, 0.1) is 12.5 Å². The van der Waals surface area contributed by atoms with Crippen molar-refractivity contribution < 1.29 is 23.9 Å². The summed E-state index contributed by atoms with van der Waals surface area (Å²) in [6, 6.07) is -0.910. The number of amides is 2. The first-order valence-electron chi connectivity index (χ1n) is 6.25. The number of carbonyl (C=O) groups excluding carboxylic acids is 3. The number of nitrogens with one attached hydrogen (secondary N) is 1. The van der Waals surface area contributed by atoms with Crippen LogP contribution in [0.2, 0.25) is 0 Å². The molecule has 0 rings (SSSR count). The monoisotopic (exact) mass is 274 g/mol. The molecule has 0 unspecified atom stereocenters. The standard InChI is InChI=1S/C12H22N2O5/c1-4-18-7-10(15)14-9(11(13)16)6-8(3)12(17)19-5-2/h8-9H,4-7H2,1-3H3,(H2,13,16)(H,14,15)/t8-,9+/m0/s1. The Bertz CT molecular complexity index is 319. The number of rotatable bonds is 9. The minimum atomic E-state index is -0.910. The molecule has 0 aromatic heterocycles. The van der Waals surface area contributed by atoms with Crippen LogP contribution in [0.4, 0.5) is 0 Å². The molecule has 0 aromatic carbocycles. The molecule has 2 atom stereocenters. The van der Waals surface area contributed by atoms with E-state index in [1.165, 1.54) is 0 Å². The highest BCUT2D eigenvalue weighted by Crippen LogP contribution is 2.08. The fourth-order valence-electron chi connectivity index (χ4n) is 1.41. The van der Waals surface area contributed by atoms with Gasteiger partial charge in [0.2, 0.25) is 11.8 Å². The molecule has 0 bridgehead atoms. The summed E-state index contributed by atoms with van der Waals surface area (Å²) in [7, 11) is 0. The molecule has 19 heavy (non-hydrogen) atoms. The van der Waals surface area contributed by atoms with Crippen molar-refractivity contribution in [3.05, 3.63) is 0 Å². The van der Waals surface area contributed by atoms with Crippen LogP contribution in [0.1, 0.15) is 27.2 Å². The molecule has 7 nitrogen and oxygen atoms in total. The second-order valence-corrected chi connectivity index (χ2v) is 4.05. The summed E-state index contributed by atoms with van der Waals surface area (Å²) >= 11 is 0. The molecule has 0 saturated heterocycles. The van der Waals surface area contributed by atoms with Gasteiger partial charge in [-0.3, -0.25) is 14.4 Å². The van der Waals surface area contributed by atoms with Crippen molar-refractivity contribution in [1.29, 1.82) is 0 Å². The van der Waals surface area contributed by atoms with Gasteiger partial charge in [-0.15, -0.1) is 0 Å². The van der Waals surface area contributed by atoms with E-state index in [4.69, 9.17) is 15.2 Å². The third-order valence-electron chi connectivity index (χ3n) is 2.39. The van der Waals surface area contributed by atoms with Crippen LogP contribution in [-0.4, -0.2) is 43.6 Å². The Morgan fingerprint density at radius 2 is 1.84 bits per heavy atom. The molecule has 0 aromatic rings. The van der Waals surface area contributed by atoms with Crippen molar-refractivity contribution in [3.63, 3.8) is 0 Å². The van der Waals surface area contributed by atoms with Gasteiger partial charge in [-0.2, -0.15) is 0 Å². The second kappa shape index (κ2) is 9.32. The van der Waals surface area contributed by atoms with Crippen molar-refractivity contribution in [2.75, 3.05) is 19.8 Å². The summed E-state index contributed by atoms with van der Waals surface area (Å²) in [5.41, 5.74) is 5.19. The minimum absolute atomic E-state index is 0.103. The van der Waals surface area contributed by atoms with E-state index in [0.717, 1.165) is 0 Å². The van der Waals surface area contributed by atoms with Crippen LogP contribution in [0.3, 0.4) is 0 Å². The van der Waals surface area contributed by atoms with Crippen molar-refractivity contribution in [1.82, 2.24) is 5.32 Å². The molecule has 7 heteroatoms. The highest BCUT2D eigenvalue weighted by Gasteiger charge is 2.25. The van der Waals surface area contributed by atoms with Crippen molar-refractivity contribution >= 4 is 17.8 Å². The van der Waals surface area contributed by atoms with E-state index >= 15 is 0 Å². The third-order valence-corrected chi connectivity index (χ3v) is 2.39. The van der Waals surface area contributed by atoms with Gasteiger partial charge in [0.25, 0.3) is 0 Å². The molecule has 0 aliphatic carbocycles. The summed E-state index contributed by atoms with van der Waals surface area (Å²) < 4.78 is 9.74. The average molecular weight is 274 g/mol. The number of ether oxygens (including phenoxy) is 2. The van der Waals surface area contributed by atoms with Gasteiger partial charge >= 0.3 is 5.97 Å². The summed E-state index contributed by atoms with van der Waals surface area (Å²) in [5.74, 6) is -2.08. The first-order valence-corrected chi connectivity index (χ1v) is 6.25.